The Morgan fingerprint density at radius 1 is 1.36 bits per heavy atom. The molecule has 1 aromatic carbocycles. The summed E-state index contributed by atoms with van der Waals surface area (Å²) in [6.45, 7) is 3.10. The molecule has 136 valence electrons. The van der Waals surface area contributed by atoms with E-state index >= 15 is 0 Å². The Kier molecular flexibility index (Phi) is 6.81. The lowest BCUT2D eigenvalue weighted by Gasteiger charge is -2.30. The number of hydrogen-bond acceptors (Lipinski definition) is 3. The van der Waals surface area contributed by atoms with Crippen molar-refractivity contribution in [1.29, 1.82) is 0 Å². The summed E-state index contributed by atoms with van der Waals surface area (Å²) in [7, 11) is 0. The number of rotatable bonds is 5. The highest BCUT2D eigenvalue weighted by atomic mass is 79.9. The number of carboxylic acid groups (broad SMARTS) is 1. The van der Waals surface area contributed by atoms with E-state index in [-0.39, 0.29) is 17.7 Å². The molecule has 1 atom stereocenters. The molecule has 0 aromatic heterocycles. The van der Waals surface area contributed by atoms with Crippen LogP contribution in [-0.4, -0.2) is 47.5 Å². The molecule has 0 saturated carbocycles. The number of piperidine rings is 1. The van der Waals surface area contributed by atoms with Crippen LogP contribution >= 0.6 is 15.9 Å². The molecule has 1 aliphatic rings. The number of anilines is 1. The highest BCUT2D eigenvalue weighted by molar-refractivity contribution is 9.10. The minimum atomic E-state index is -0.924. The fraction of sp³-hybridized carbons (Fsp3) is 0.471. The van der Waals surface area contributed by atoms with Gasteiger partial charge in [-0.05, 0) is 37.0 Å². The Bertz CT molecular complexity index is 665. The summed E-state index contributed by atoms with van der Waals surface area (Å²) in [5.74, 6) is -0.365. The predicted molar refractivity (Wildman–Crippen MR) is 97.7 cm³/mol. The molecule has 1 fully saturated rings. The van der Waals surface area contributed by atoms with E-state index in [1.54, 1.807) is 25.1 Å². The molecular formula is C17H22BrN3O4. The highest BCUT2D eigenvalue weighted by Crippen LogP contribution is 2.22. The predicted octanol–water partition coefficient (Wildman–Crippen LogP) is 2.92. The summed E-state index contributed by atoms with van der Waals surface area (Å²) in [5, 5.41) is 14.7. The van der Waals surface area contributed by atoms with E-state index in [4.69, 9.17) is 5.11 Å². The fourth-order valence-electron chi connectivity index (χ4n) is 2.79. The van der Waals surface area contributed by atoms with Gasteiger partial charge in [-0.2, -0.15) is 0 Å². The summed E-state index contributed by atoms with van der Waals surface area (Å²) in [4.78, 5) is 36.6. The van der Waals surface area contributed by atoms with E-state index in [1.165, 1.54) is 4.90 Å². The number of nitrogens with zero attached hydrogens (tertiary/aromatic N) is 1. The molecule has 3 amide bonds. The van der Waals surface area contributed by atoms with E-state index < -0.39 is 6.09 Å². The van der Waals surface area contributed by atoms with E-state index in [2.05, 4.69) is 26.6 Å². The van der Waals surface area contributed by atoms with Gasteiger partial charge in [-0.1, -0.05) is 22.9 Å². The Labute approximate surface area is 154 Å². The molecule has 3 N–H and O–H groups in total. The van der Waals surface area contributed by atoms with Crippen LogP contribution in [0, 0.1) is 5.92 Å². The largest absolute Gasteiger partial charge is 0.465 e. The molecule has 0 unspecified atom stereocenters. The van der Waals surface area contributed by atoms with Crippen LogP contribution < -0.4 is 10.6 Å². The van der Waals surface area contributed by atoms with Gasteiger partial charge in [0.15, 0.2) is 0 Å². The minimum absolute atomic E-state index is 0.0923. The van der Waals surface area contributed by atoms with Gasteiger partial charge in [0.1, 0.15) is 0 Å². The van der Waals surface area contributed by atoms with Crippen molar-refractivity contribution < 1.29 is 19.5 Å². The molecule has 0 spiro atoms. The van der Waals surface area contributed by atoms with Crippen molar-refractivity contribution in [3.05, 3.63) is 28.2 Å². The second-order valence-corrected chi connectivity index (χ2v) is 6.95. The zero-order chi connectivity index (χ0) is 18.4. The van der Waals surface area contributed by atoms with Crippen LogP contribution in [0.2, 0.25) is 0 Å². The summed E-state index contributed by atoms with van der Waals surface area (Å²) in [5.41, 5.74) is 0.838. The fourth-order valence-corrected chi connectivity index (χ4v) is 3.15. The zero-order valence-electron chi connectivity index (χ0n) is 14.0. The van der Waals surface area contributed by atoms with Crippen LogP contribution in [0.25, 0.3) is 0 Å². The van der Waals surface area contributed by atoms with Gasteiger partial charge in [0, 0.05) is 30.5 Å². The van der Waals surface area contributed by atoms with E-state index in [0.29, 0.717) is 37.3 Å². The molecule has 7 nitrogen and oxygen atoms in total. The summed E-state index contributed by atoms with van der Waals surface area (Å²) in [6, 6.07) is 5.10. The first-order chi connectivity index (χ1) is 11.9. The maximum absolute atomic E-state index is 12.5. The van der Waals surface area contributed by atoms with Gasteiger partial charge < -0.3 is 20.6 Å². The summed E-state index contributed by atoms with van der Waals surface area (Å²) >= 11 is 3.33. The van der Waals surface area contributed by atoms with Crippen LogP contribution in [0.5, 0.6) is 0 Å². The Morgan fingerprint density at radius 2 is 2.12 bits per heavy atom. The van der Waals surface area contributed by atoms with Crippen molar-refractivity contribution in [2.45, 2.75) is 26.2 Å². The minimum Gasteiger partial charge on any atom is -0.465 e. The summed E-state index contributed by atoms with van der Waals surface area (Å²) in [6.07, 6.45) is 1.07. The van der Waals surface area contributed by atoms with Crippen LogP contribution in [0.15, 0.2) is 22.7 Å². The third kappa shape index (κ3) is 5.45. The molecule has 0 aliphatic carbocycles. The normalized spacial score (nSPS) is 17.0. The quantitative estimate of drug-likeness (QED) is 0.693. The van der Waals surface area contributed by atoms with E-state index in [9.17, 15) is 14.4 Å². The smallest absolute Gasteiger partial charge is 0.407 e. The molecule has 1 heterocycles. The number of carbonyl (C=O) groups excluding carboxylic acids is 2. The molecule has 1 aliphatic heterocycles. The molecule has 2 rings (SSSR count). The Morgan fingerprint density at radius 3 is 2.80 bits per heavy atom. The molecule has 25 heavy (non-hydrogen) atoms. The van der Waals surface area contributed by atoms with Gasteiger partial charge in [0.25, 0.3) is 5.91 Å². The molecule has 1 saturated heterocycles. The number of carbonyl (C=O) groups is 3. The van der Waals surface area contributed by atoms with Crippen molar-refractivity contribution in [1.82, 2.24) is 10.2 Å². The van der Waals surface area contributed by atoms with Crippen molar-refractivity contribution >= 4 is 39.5 Å². The maximum atomic E-state index is 12.5. The summed E-state index contributed by atoms with van der Waals surface area (Å²) < 4.78 is 0.738. The van der Waals surface area contributed by atoms with Crippen molar-refractivity contribution in [3.63, 3.8) is 0 Å². The second-order valence-electron chi connectivity index (χ2n) is 6.04. The third-order valence-corrected chi connectivity index (χ3v) is 4.66. The van der Waals surface area contributed by atoms with Crippen LogP contribution in [0.4, 0.5) is 10.5 Å². The van der Waals surface area contributed by atoms with Crippen LogP contribution in [-0.2, 0) is 4.79 Å². The topological polar surface area (TPSA) is 98.7 Å². The number of nitrogens with one attached hydrogen (secondary N) is 2. The standard InChI is InChI=1S/C17H22BrN3O4/c1-2-15(22)20-14-6-5-12(18)8-13(14)16(23)19-9-11-4-3-7-21(10-11)17(24)25/h5-6,8,11H,2-4,7,9-10H2,1H3,(H,19,23)(H,20,22)(H,24,25)/t11-/m1/s1. The van der Waals surface area contributed by atoms with Gasteiger partial charge in [-0.3, -0.25) is 9.59 Å². The highest BCUT2D eigenvalue weighted by Gasteiger charge is 2.24. The van der Waals surface area contributed by atoms with E-state index in [0.717, 1.165) is 17.3 Å². The Balaban J connectivity index is 2.01. The Hall–Kier alpha value is -2.09. The van der Waals surface area contributed by atoms with Gasteiger partial charge in [-0.25, -0.2) is 4.79 Å². The van der Waals surface area contributed by atoms with Gasteiger partial charge in [0.2, 0.25) is 5.91 Å². The van der Waals surface area contributed by atoms with Gasteiger partial charge >= 0.3 is 6.09 Å². The third-order valence-electron chi connectivity index (χ3n) is 4.16. The molecular weight excluding hydrogens is 390 g/mol. The van der Waals surface area contributed by atoms with Crippen LogP contribution in [0.1, 0.15) is 36.5 Å². The van der Waals surface area contributed by atoms with Crippen molar-refractivity contribution in [2.75, 3.05) is 25.0 Å². The van der Waals surface area contributed by atoms with Crippen LogP contribution in [0.3, 0.4) is 0 Å². The first-order valence-electron chi connectivity index (χ1n) is 8.26. The van der Waals surface area contributed by atoms with Crippen molar-refractivity contribution in [2.24, 2.45) is 5.92 Å². The average Bonchev–Trinajstić information content (AvgIpc) is 2.61. The lowest BCUT2D eigenvalue weighted by molar-refractivity contribution is -0.115. The lowest BCUT2D eigenvalue weighted by Crippen LogP contribution is -2.43. The first-order valence-corrected chi connectivity index (χ1v) is 9.05. The van der Waals surface area contributed by atoms with Gasteiger partial charge in [-0.15, -0.1) is 0 Å². The molecule has 0 radical (unpaired) electrons. The number of amides is 3. The maximum Gasteiger partial charge on any atom is 0.407 e. The number of halogens is 1. The zero-order valence-corrected chi connectivity index (χ0v) is 15.6. The van der Waals surface area contributed by atoms with Crippen molar-refractivity contribution in [3.8, 4) is 0 Å². The second kappa shape index (κ2) is 8.84. The SMILES string of the molecule is CCC(=O)Nc1ccc(Br)cc1C(=O)NC[C@H]1CCCN(C(=O)O)C1. The van der Waals surface area contributed by atoms with Gasteiger partial charge in [0.05, 0.1) is 11.3 Å². The molecule has 0 bridgehead atoms. The number of hydrogen-bond donors (Lipinski definition) is 3. The monoisotopic (exact) mass is 411 g/mol. The average molecular weight is 412 g/mol. The van der Waals surface area contributed by atoms with E-state index in [1.807, 2.05) is 0 Å². The number of benzene rings is 1. The molecule has 1 aromatic rings. The molecule has 8 heteroatoms. The first kappa shape index (κ1) is 19.2. The lowest BCUT2D eigenvalue weighted by atomic mass is 9.98. The number of likely N-dealkylation sites (tertiary alicyclic amines) is 1.